The van der Waals surface area contributed by atoms with Gasteiger partial charge in [-0.2, -0.15) is 8.78 Å². The van der Waals surface area contributed by atoms with Gasteiger partial charge >= 0.3 is 6.61 Å². The molecule has 0 radical (unpaired) electrons. The summed E-state index contributed by atoms with van der Waals surface area (Å²) >= 11 is 1.65. The van der Waals surface area contributed by atoms with Crippen LogP contribution in [0.25, 0.3) is 0 Å². The Bertz CT molecular complexity index is 777. The monoisotopic (exact) mass is 412 g/mol. The summed E-state index contributed by atoms with van der Waals surface area (Å²) < 4.78 is 34.9. The Balaban J connectivity index is 2.07. The topological polar surface area (TPSA) is 67.8 Å². The summed E-state index contributed by atoms with van der Waals surface area (Å²) in [4.78, 5) is 10.3. The van der Waals surface area contributed by atoms with Gasteiger partial charge in [0.05, 0.1) is 25.4 Å². The summed E-state index contributed by atoms with van der Waals surface area (Å²) in [5, 5.41) is 7.43. The third-order valence-electron chi connectivity index (χ3n) is 3.77. The van der Waals surface area contributed by atoms with Crippen LogP contribution in [0.5, 0.6) is 11.5 Å². The standard InChI is InChI=1S/C19H26F2N4O2S/c1-5-22-19(24-11-17-25-12(3)13(4)28-17)23-10-14-7-8-15(27-18(20)21)16(9-14)26-6-2/h7-9,18H,5-6,10-11H2,1-4H3,(H2,22,23,24). The number of rotatable bonds is 9. The molecule has 0 unspecified atom stereocenters. The molecular formula is C19H26F2N4O2S. The van der Waals surface area contributed by atoms with Crippen molar-refractivity contribution in [3.05, 3.63) is 39.3 Å². The van der Waals surface area contributed by atoms with Crippen molar-refractivity contribution in [1.82, 2.24) is 15.6 Å². The molecule has 0 fully saturated rings. The molecule has 28 heavy (non-hydrogen) atoms. The van der Waals surface area contributed by atoms with E-state index in [1.165, 1.54) is 10.9 Å². The first-order valence-corrected chi connectivity index (χ1v) is 9.90. The summed E-state index contributed by atoms with van der Waals surface area (Å²) in [6.07, 6.45) is 0. The smallest absolute Gasteiger partial charge is 0.387 e. The summed E-state index contributed by atoms with van der Waals surface area (Å²) in [6.45, 7) is 6.92. The lowest BCUT2D eigenvalue weighted by Gasteiger charge is -2.13. The van der Waals surface area contributed by atoms with Gasteiger partial charge in [0.2, 0.25) is 0 Å². The number of aryl methyl sites for hydroxylation is 2. The first-order valence-electron chi connectivity index (χ1n) is 9.08. The summed E-state index contributed by atoms with van der Waals surface area (Å²) in [5.74, 6) is 0.949. The van der Waals surface area contributed by atoms with E-state index in [-0.39, 0.29) is 11.5 Å². The van der Waals surface area contributed by atoms with Gasteiger partial charge in [-0.05, 0) is 45.4 Å². The third kappa shape index (κ3) is 6.63. The zero-order valence-corrected chi connectivity index (χ0v) is 17.3. The largest absolute Gasteiger partial charge is 0.490 e. The van der Waals surface area contributed by atoms with Gasteiger partial charge in [0.25, 0.3) is 0 Å². The molecule has 0 atom stereocenters. The number of aliphatic imine (C=N–C) groups is 1. The average molecular weight is 413 g/mol. The minimum Gasteiger partial charge on any atom is -0.490 e. The number of alkyl halides is 2. The van der Waals surface area contributed by atoms with Gasteiger partial charge in [-0.1, -0.05) is 6.07 Å². The second-order valence-electron chi connectivity index (χ2n) is 5.89. The second-order valence-corrected chi connectivity index (χ2v) is 7.18. The van der Waals surface area contributed by atoms with Gasteiger partial charge in [0.1, 0.15) is 5.01 Å². The minimum atomic E-state index is -2.90. The summed E-state index contributed by atoms with van der Waals surface area (Å²) in [7, 11) is 0. The highest BCUT2D eigenvalue weighted by molar-refractivity contribution is 7.11. The molecule has 9 heteroatoms. The van der Waals surface area contributed by atoms with E-state index in [1.807, 2.05) is 20.8 Å². The van der Waals surface area contributed by atoms with Crippen molar-refractivity contribution < 1.29 is 18.3 Å². The number of hydrogen-bond acceptors (Lipinski definition) is 5. The first-order chi connectivity index (χ1) is 13.4. The third-order valence-corrected chi connectivity index (χ3v) is 4.84. The Kier molecular flexibility index (Phi) is 8.43. The lowest BCUT2D eigenvalue weighted by molar-refractivity contribution is -0.0514. The highest BCUT2D eigenvalue weighted by atomic mass is 32.1. The van der Waals surface area contributed by atoms with Gasteiger partial charge in [0, 0.05) is 11.4 Å². The Labute approximate surface area is 168 Å². The maximum atomic E-state index is 12.5. The van der Waals surface area contributed by atoms with Crippen LogP contribution in [0.4, 0.5) is 8.78 Å². The van der Waals surface area contributed by atoms with Crippen LogP contribution < -0.4 is 20.1 Å². The van der Waals surface area contributed by atoms with Crippen molar-refractivity contribution in [1.29, 1.82) is 0 Å². The number of nitrogens with one attached hydrogen (secondary N) is 2. The van der Waals surface area contributed by atoms with Gasteiger partial charge in [0.15, 0.2) is 17.5 Å². The zero-order chi connectivity index (χ0) is 20.5. The SMILES string of the molecule is CCNC(=NCc1ccc(OC(F)F)c(OCC)c1)NCc1nc(C)c(C)s1. The van der Waals surface area contributed by atoms with Crippen LogP contribution >= 0.6 is 11.3 Å². The van der Waals surface area contributed by atoms with Crippen molar-refractivity contribution in [3.8, 4) is 11.5 Å². The maximum absolute atomic E-state index is 12.5. The second kappa shape index (κ2) is 10.8. The average Bonchev–Trinajstić information content (AvgIpc) is 2.97. The van der Waals surface area contributed by atoms with Crippen molar-refractivity contribution in [2.75, 3.05) is 13.2 Å². The highest BCUT2D eigenvalue weighted by Crippen LogP contribution is 2.30. The van der Waals surface area contributed by atoms with Gasteiger partial charge in [-0.3, -0.25) is 0 Å². The van der Waals surface area contributed by atoms with Crippen molar-refractivity contribution in [2.24, 2.45) is 4.99 Å². The molecule has 0 bridgehead atoms. The fourth-order valence-electron chi connectivity index (χ4n) is 2.40. The fraction of sp³-hybridized carbons (Fsp3) is 0.474. The van der Waals surface area contributed by atoms with Gasteiger partial charge in [-0.25, -0.2) is 9.98 Å². The predicted octanol–water partition coefficient (Wildman–Crippen LogP) is 4.02. The summed E-state index contributed by atoms with van der Waals surface area (Å²) in [6, 6.07) is 4.84. The van der Waals surface area contributed by atoms with Crippen LogP contribution in [0, 0.1) is 13.8 Å². The molecule has 0 aliphatic carbocycles. The van der Waals surface area contributed by atoms with Crippen LogP contribution in [0.15, 0.2) is 23.2 Å². The van der Waals surface area contributed by atoms with Crippen LogP contribution in [-0.4, -0.2) is 30.7 Å². The number of guanidine groups is 1. The van der Waals surface area contributed by atoms with Crippen LogP contribution in [0.1, 0.15) is 35.0 Å². The number of benzene rings is 1. The van der Waals surface area contributed by atoms with E-state index in [2.05, 4.69) is 25.3 Å². The molecular weight excluding hydrogens is 386 g/mol. The van der Waals surface area contributed by atoms with E-state index in [0.717, 1.165) is 16.3 Å². The molecule has 2 N–H and O–H groups in total. The lowest BCUT2D eigenvalue weighted by Crippen LogP contribution is -2.36. The van der Waals surface area contributed by atoms with Crippen LogP contribution in [-0.2, 0) is 13.1 Å². The molecule has 0 spiro atoms. The lowest BCUT2D eigenvalue weighted by atomic mass is 10.2. The van der Waals surface area contributed by atoms with E-state index in [1.54, 1.807) is 30.4 Å². The quantitative estimate of drug-likeness (QED) is 0.481. The maximum Gasteiger partial charge on any atom is 0.387 e. The number of thiazole rings is 1. The Morgan fingerprint density at radius 1 is 1.21 bits per heavy atom. The van der Waals surface area contributed by atoms with E-state index in [9.17, 15) is 8.78 Å². The summed E-state index contributed by atoms with van der Waals surface area (Å²) in [5.41, 5.74) is 1.86. The number of nitrogens with zero attached hydrogens (tertiary/aromatic N) is 2. The predicted molar refractivity (Wildman–Crippen MR) is 107 cm³/mol. The molecule has 0 saturated carbocycles. The van der Waals surface area contributed by atoms with Gasteiger partial charge in [-0.15, -0.1) is 11.3 Å². The first kappa shape index (κ1) is 21.9. The molecule has 0 amide bonds. The van der Waals surface area contributed by atoms with E-state index in [0.29, 0.717) is 32.2 Å². The van der Waals surface area contributed by atoms with Crippen LogP contribution in [0.2, 0.25) is 0 Å². The number of ether oxygens (including phenoxy) is 2. The van der Waals surface area contributed by atoms with Crippen molar-refractivity contribution in [2.45, 2.75) is 47.4 Å². The van der Waals surface area contributed by atoms with E-state index >= 15 is 0 Å². The molecule has 0 aliphatic heterocycles. The Hall–Kier alpha value is -2.42. The normalized spacial score (nSPS) is 11.6. The Morgan fingerprint density at radius 2 is 2.00 bits per heavy atom. The Morgan fingerprint density at radius 3 is 2.61 bits per heavy atom. The number of halogens is 2. The molecule has 154 valence electrons. The van der Waals surface area contributed by atoms with E-state index in [4.69, 9.17) is 4.74 Å². The molecule has 6 nitrogen and oxygen atoms in total. The molecule has 2 aromatic rings. The molecule has 0 aliphatic rings. The van der Waals surface area contributed by atoms with Crippen LogP contribution in [0.3, 0.4) is 0 Å². The van der Waals surface area contributed by atoms with Gasteiger partial charge < -0.3 is 20.1 Å². The number of aromatic nitrogens is 1. The fourth-order valence-corrected chi connectivity index (χ4v) is 3.27. The van der Waals surface area contributed by atoms with Crippen molar-refractivity contribution in [3.63, 3.8) is 0 Å². The molecule has 0 saturated heterocycles. The van der Waals surface area contributed by atoms with Crippen molar-refractivity contribution >= 4 is 17.3 Å². The minimum absolute atomic E-state index is 0.0177. The highest BCUT2D eigenvalue weighted by Gasteiger charge is 2.12. The van der Waals surface area contributed by atoms with E-state index < -0.39 is 6.61 Å². The molecule has 1 aromatic carbocycles. The molecule has 2 rings (SSSR count). The zero-order valence-electron chi connectivity index (χ0n) is 16.5. The number of hydrogen-bond donors (Lipinski definition) is 2. The molecule has 1 heterocycles. The molecule has 1 aromatic heterocycles.